The van der Waals surface area contributed by atoms with Crippen LogP contribution in [0, 0.1) is 0 Å². The van der Waals surface area contributed by atoms with Crippen LogP contribution in [0.25, 0.3) is 10.9 Å². The van der Waals surface area contributed by atoms with Gasteiger partial charge in [-0.3, -0.25) is 14.6 Å². The van der Waals surface area contributed by atoms with Gasteiger partial charge in [-0.2, -0.15) is 0 Å². The minimum Gasteiger partial charge on any atom is -0.504 e. The predicted octanol–water partition coefficient (Wildman–Crippen LogP) is -1.28. The van der Waals surface area contributed by atoms with Crippen LogP contribution in [0.4, 0.5) is 5.95 Å². The van der Waals surface area contributed by atoms with E-state index in [4.69, 9.17) is 11.5 Å². The number of hydrogen-bond acceptors (Lipinski definition) is 7. The number of nitrogens with two attached hydrogens (primary N) is 2. The molecule has 0 fully saturated rings. The molecule has 1 aromatic heterocycles. The van der Waals surface area contributed by atoms with E-state index in [0.29, 0.717) is 0 Å². The van der Waals surface area contributed by atoms with Crippen molar-refractivity contribution >= 4 is 22.8 Å². The molecule has 0 atom stereocenters. The molecule has 8 N–H and O–H groups in total. The topological polar surface area (TPSA) is 176 Å². The number of benzene rings is 1. The van der Waals surface area contributed by atoms with E-state index in [2.05, 4.69) is 9.97 Å². The van der Waals surface area contributed by atoms with Crippen LogP contribution < -0.4 is 17.0 Å². The lowest BCUT2D eigenvalue weighted by Crippen LogP contribution is -2.19. The molecule has 0 bridgehead atoms. The summed E-state index contributed by atoms with van der Waals surface area (Å²) < 4.78 is 0. The van der Waals surface area contributed by atoms with E-state index in [0.717, 1.165) is 0 Å². The Morgan fingerprint density at radius 1 is 1.17 bits per heavy atom. The van der Waals surface area contributed by atoms with Crippen LogP contribution in [0.3, 0.4) is 0 Å². The highest BCUT2D eigenvalue weighted by molar-refractivity contribution is 6.10. The molecule has 1 aromatic carbocycles. The third kappa shape index (κ3) is 1.38. The number of phenols is 3. The first-order chi connectivity index (χ1) is 8.34. The van der Waals surface area contributed by atoms with Gasteiger partial charge in [-0.25, -0.2) is 4.98 Å². The Hall–Kier alpha value is -2.97. The summed E-state index contributed by atoms with van der Waals surface area (Å²) in [5.74, 6) is -4.36. The maximum absolute atomic E-state index is 11.7. The van der Waals surface area contributed by atoms with E-state index in [1.807, 2.05) is 0 Å². The van der Waals surface area contributed by atoms with Crippen molar-refractivity contribution in [1.82, 2.24) is 9.97 Å². The first-order valence-corrected chi connectivity index (χ1v) is 4.60. The Balaban J connectivity index is 3.18. The van der Waals surface area contributed by atoms with E-state index in [1.54, 1.807) is 0 Å². The van der Waals surface area contributed by atoms with E-state index in [9.17, 15) is 24.9 Å². The van der Waals surface area contributed by atoms with Crippen LogP contribution in [-0.2, 0) is 0 Å². The number of nitrogen functional groups attached to an aromatic ring is 1. The minimum atomic E-state index is -1.16. The third-order valence-corrected chi connectivity index (χ3v) is 2.34. The summed E-state index contributed by atoms with van der Waals surface area (Å²) in [7, 11) is 0. The molecule has 0 spiro atoms. The number of aromatic nitrogens is 2. The lowest BCUT2D eigenvalue weighted by Gasteiger charge is -2.09. The summed E-state index contributed by atoms with van der Waals surface area (Å²) in [6, 6.07) is 0. The lowest BCUT2D eigenvalue weighted by molar-refractivity contribution is 0.0998. The fourth-order valence-corrected chi connectivity index (χ4v) is 1.59. The zero-order valence-corrected chi connectivity index (χ0v) is 8.76. The molecule has 0 aliphatic rings. The second-order valence-electron chi connectivity index (χ2n) is 3.46. The highest BCUT2D eigenvalue weighted by Gasteiger charge is 2.25. The van der Waals surface area contributed by atoms with E-state index in [1.165, 1.54) is 0 Å². The van der Waals surface area contributed by atoms with Gasteiger partial charge in [0.15, 0.2) is 11.5 Å². The van der Waals surface area contributed by atoms with Gasteiger partial charge in [0.2, 0.25) is 11.7 Å². The van der Waals surface area contributed by atoms with Gasteiger partial charge in [-0.1, -0.05) is 0 Å². The summed E-state index contributed by atoms with van der Waals surface area (Å²) in [5, 5.41) is 28.0. The standard InChI is InChI=1S/C9H8N4O5/c10-7(17)2-1-3(5(15)6(16)4(2)14)12-9(11)13-8(1)18/h14-16H,(H2,10,17)(H3,11,12,13,18). The zero-order valence-electron chi connectivity index (χ0n) is 8.76. The van der Waals surface area contributed by atoms with Crippen LogP contribution in [-0.4, -0.2) is 31.2 Å². The molecule has 9 heteroatoms. The molecule has 0 saturated carbocycles. The number of nitrogens with one attached hydrogen (secondary N) is 1. The highest BCUT2D eigenvalue weighted by Crippen LogP contribution is 2.42. The van der Waals surface area contributed by atoms with Crippen molar-refractivity contribution < 1.29 is 20.1 Å². The number of anilines is 1. The molecule has 0 unspecified atom stereocenters. The molecule has 2 rings (SSSR count). The number of aromatic hydroxyl groups is 3. The minimum absolute atomic E-state index is 0.330. The monoisotopic (exact) mass is 252 g/mol. The molecule has 94 valence electrons. The quantitative estimate of drug-likeness (QED) is 0.342. The molecule has 0 aliphatic heterocycles. The Kier molecular flexibility index (Phi) is 2.25. The summed E-state index contributed by atoms with van der Waals surface area (Å²) in [6.45, 7) is 0. The predicted molar refractivity (Wildman–Crippen MR) is 60.3 cm³/mol. The molecular formula is C9H8N4O5. The van der Waals surface area contributed by atoms with Gasteiger partial charge in [0.25, 0.3) is 11.5 Å². The lowest BCUT2D eigenvalue weighted by atomic mass is 10.1. The normalized spacial score (nSPS) is 10.7. The van der Waals surface area contributed by atoms with E-state index < -0.39 is 45.2 Å². The smallest absolute Gasteiger partial charge is 0.261 e. The number of rotatable bonds is 1. The van der Waals surface area contributed by atoms with Gasteiger partial charge in [0.05, 0.1) is 10.9 Å². The molecule has 9 nitrogen and oxygen atoms in total. The largest absolute Gasteiger partial charge is 0.504 e. The second-order valence-corrected chi connectivity index (χ2v) is 3.46. The van der Waals surface area contributed by atoms with Crippen molar-refractivity contribution in [3.05, 3.63) is 15.9 Å². The molecular weight excluding hydrogens is 244 g/mol. The van der Waals surface area contributed by atoms with Crippen LogP contribution >= 0.6 is 0 Å². The maximum atomic E-state index is 11.7. The maximum Gasteiger partial charge on any atom is 0.261 e. The van der Waals surface area contributed by atoms with Gasteiger partial charge in [-0.15, -0.1) is 0 Å². The fraction of sp³-hybridized carbons (Fsp3) is 0. The highest BCUT2D eigenvalue weighted by atomic mass is 16.3. The number of hydrogen-bond donors (Lipinski definition) is 6. The summed E-state index contributed by atoms with van der Waals surface area (Å²) in [5.41, 5.74) is 8.32. The van der Waals surface area contributed by atoms with Crippen molar-refractivity contribution in [1.29, 1.82) is 0 Å². The Morgan fingerprint density at radius 2 is 1.78 bits per heavy atom. The van der Waals surface area contributed by atoms with Crippen molar-refractivity contribution in [2.45, 2.75) is 0 Å². The number of H-pyrrole nitrogens is 1. The SMILES string of the molecule is NC(=O)c1c(O)c(O)c(O)c2nc(N)[nH]c(=O)c12. The van der Waals surface area contributed by atoms with Gasteiger partial charge >= 0.3 is 0 Å². The first kappa shape index (κ1) is 11.5. The van der Waals surface area contributed by atoms with Crippen LogP contribution in [0.5, 0.6) is 17.2 Å². The Bertz CT molecular complexity index is 736. The van der Waals surface area contributed by atoms with Crippen molar-refractivity contribution in [3.63, 3.8) is 0 Å². The number of primary amides is 1. The average molecular weight is 252 g/mol. The Morgan fingerprint density at radius 3 is 2.33 bits per heavy atom. The molecule has 0 aliphatic carbocycles. The van der Waals surface area contributed by atoms with Gasteiger partial charge in [0.1, 0.15) is 5.52 Å². The zero-order chi connectivity index (χ0) is 13.6. The number of fused-ring (bicyclic) bond motifs is 1. The molecule has 1 amide bonds. The number of carbonyl (C=O) groups is 1. The van der Waals surface area contributed by atoms with Gasteiger partial charge in [-0.05, 0) is 0 Å². The Labute approximate surface area is 98.3 Å². The van der Waals surface area contributed by atoms with Crippen LogP contribution in [0.2, 0.25) is 0 Å². The third-order valence-electron chi connectivity index (χ3n) is 2.34. The van der Waals surface area contributed by atoms with Crippen molar-refractivity contribution in [3.8, 4) is 17.2 Å². The number of aromatic amines is 1. The molecule has 0 radical (unpaired) electrons. The van der Waals surface area contributed by atoms with Crippen molar-refractivity contribution in [2.75, 3.05) is 5.73 Å². The molecule has 1 heterocycles. The summed E-state index contributed by atoms with van der Waals surface area (Å²) >= 11 is 0. The van der Waals surface area contributed by atoms with E-state index in [-0.39, 0.29) is 5.95 Å². The van der Waals surface area contributed by atoms with E-state index >= 15 is 0 Å². The first-order valence-electron chi connectivity index (χ1n) is 4.60. The number of carbonyl (C=O) groups excluding carboxylic acids is 1. The molecule has 18 heavy (non-hydrogen) atoms. The summed E-state index contributed by atoms with van der Waals surface area (Å²) in [4.78, 5) is 28.5. The number of phenolic OH excluding ortho intramolecular Hbond substituents is 2. The van der Waals surface area contributed by atoms with Crippen LogP contribution in [0.15, 0.2) is 4.79 Å². The summed E-state index contributed by atoms with van der Waals surface area (Å²) in [6.07, 6.45) is 0. The fourth-order valence-electron chi connectivity index (χ4n) is 1.59. The van der Waals surface area contributed by atoms with Crippen molar-refractivity contribution in [2.24, 2.45) is 5.73 Å². The molecule has 0 saturated heterocycles. The second kappa shape index (κ2) is 3.52. The average Bonchev–Trinajstić information content (AvgIpc) is 2.27. The number of amides is 1. The van der Waals surface area contributed by atoms with Gasteiger partial charge in [0, 0.05) is 0 Å². The molecule has 2 aromatic rings. The number of nitrogens with zero attached hydrogens (tertiary/aromatic N) is 1. The van der Waals surface area contributed by atoms with Crippen LogP contribution in [0.1, 0.15) is 10.4 Å². The van der Waals surface area contributed by atoms with Gasteiger partial charge < -0.3 is 26.8 Å².